The second-order valence-electron chi connectivity index (χ2n) is 7.75. The van der Waals surface area contributed by atoms with Gasteiger partial charge in [-0.3, -0.25) is 9.69 Å². The van der Waals surface area contributed by atoms with E-state index in [-0.39, 0.29) is 12.1 Å². The summed E-state index contributed by atoms with van der Waals surface area (Å²) in [6, 6.07) is 10.7. The third kappa shape index (κ3) is 4.70. The Kier molecular flexibility index (Phi) is 5.30. The second-order valence-corrected chi connectivity index (χ2v) is 7.75. The number of nitrogens with zero attached hydrogens (tertiary/aromatic N) is 1. The first-order valence-corrected chi connectivity index (χ1v) is 9.04. The van der Waals surface area contributed by atoms with Crippen LogP contribution >= 0.6 is 0 Å². The molecule has 1 N–H and O–H groups in total. The van der Waals surface area contributed by atoms with E-state index in [0.717, 1.165) is 12.1 Å². The largest absolute Gasteiger partial charge is 0.444 e. The molecule has 0 spiro atoms. The molecule has 2 aromatic rings. The molecule has 2 aromatic carbocycles. The third-order valence-corrected chi connectivity index (χ3v) is 4.30. The van der Waals surface area contributed by atoms with Gasteiger partial charge in [-0.15, -0.1) is 0 Å². The average molecular weight is 406 g/mol. The second kappa shape index (κ2) is 7.42. The molecule has 1 aliphatic rings. The zero-order valence-electron chi connectivity index (χ0n) is 16.2. The lowest BCUT2D eigenvalue weighted by Gasteiger charge is -2.35. The van der Waals surface area contributed by atoms with Crippen molar-refractivity contribution in [3.05, 3.63) is 59.7 Å². The molecule has 0 radical (unpaired) electrons. The zero-order chi connectivity index (χ0) is 21.4. The topological polar surface area (TPSA) is 58.6 Å². The van der Waals surface area contributed by atoms with Crippen molar-refractivity contribution in [3.8, 4) is 0 Å². The summed E-state index contributed by atoms with van der Waals surface area (Å²) in [5.41, 5.74) is -0.515. The minimum atomic E-state index is -4.54. The summed E-state index contributed by atoms with van der Waals surface area (Å²) in [5, 5.41) is 2.54. The smallest absolute Gasteiger partial charge is 0.416 e. The maximum Gasteiger partial charge on any atom is 0.416 e. The number of amides is 2. The third-order valence-electron chi connectivity index (χ3n) is 4.30. The van der Waals surface area contributed by atoms with Crippen LogP contribution < -0.4 is 10.2 Å². The van der Waals surface area contributed by atoms with Gasteiger partial charge in [-0.05, 0) is 50.6 Å². The van der Waals surface area contributed by atoms with E-state index < -0.39 is 35.4 Å². The number of carbonyl (C=O) groups is 2. The normalized spacial score (nSPS) is 17.0. The van der Waals surface area contributed by atoms with E-state index in [1.54, 1.807) is 51.1 Å². The highest BCUT2D eigenvalue weighted by molar-refractivity contribution is 6.07. The Hall–Kier alpha value is -3.03. The Morgan fingerprint density at radius 1 is 1.10 bits per heavy atom. The van der Waals surface area contributed by atoms with Gasteiger partial charge in [-0.2, -0.15) is 13.2 Å². The minimum absolute atomic E-state index is 0.0644. The van der Waals surface area contributed by atoms with Crippen LogP contribution in [0.5, 0.6) is 0 Å². The fourth-order valence-corrected chi connectivity index (χ4v) is 3.11. The molecule has 3 rings (SSSR count). The quantitative estimate of drug-likeness (QED) is 0.778. The van der Waals surface area contributed by atoms with Crippen molar-refractivity contribution in [2.75, 3.05) is 4.90 Å². The highest BCUT2D eigenvalue weighted by atomic mass is 19.4. The molecular formula is C21H21F3N2O3. The molecular weight excluding hydrogens is 385 g/mol. The SMILES string of the molecule is CC(C)(C)OC(=O)NC1Cc2ccc(C(F)(F)F)cc2N(c2ccccc2)C1=O. The summed E-state index contributed by atoms with van der Waals surface area (Å²) in [6.45, 7) is 5.08. The molecule has 0 saturated carbocycles. The van der Waals surface area contributed by atoms with Crippen molar-refractivity contribution in [1.82, 2.24) is 5.32 Å². The number of fused-ring (bicyclic) bond motifs is 1. The number of hydrogen-bond acceptors (Lipinski definition) is 3. The van der Waals surface area contributed by atoms with Gasteiger partial charge in [0.1, 0.15) is 11.6 Å². The molecule has 154 valence electrons. The van der Waals surface area contributed by atoms with Crippen molar-refractivity contribution in [2.45, 2.75) is 45.0 Å². The number of alkyl carbamates (subject to hydrolysis) is 1. The number of rotatable bonds is 2. The van der Waals surface area contributed by atoms with Crippen molar-refractivity contribution in [1.29, 1.82) is 0 Å². The average Bonchev–Trinajstić information content (AvgIpc) is 2.60. The molecule has 1 unspecified atom stereocenters. The molecule has 0 aromatic heterocycles. The standard InChI is InChI=1S/C21H21F3N2O3/c1-20(2,3)29-19(28)25-16-11-13-9-10-14(21(22,23)24)12-17(13)26(18(16)27)15-7-5-4-6-8-15/h4-10,12,16H,11H2,1-3H3,(H,25,28). The molecule has 1 atom stereocenters. The van der Waals surface area contributed by atoms with Gasteiger partial charge in [-0.1, -0.05) is 24.3 Å². The van der Waals surface area contributed by atoms with Crippen LogP contribution in [0, 0.1) is 0 Å². The van der Waals surface area contributed by atoms with Gasteiger partial charge in [0.2, 0.25) is 0 Å². The summed E-state index contributed by atoms with van der Waals surface area (Å²) in [6.07, 6.45) is -5.24. The van der Waals surface area contributed by atoms with Gasteiger partial charge in [0.05, 0.1) is 11.3 Å². The van der Waals surface area contributed by atoms with Crippen LogP contribution in [-0.2, 0) is 22.1 Å². The van der Waals surface area contributed by atoms with Crippen molar-refractivity contribution in [3.63, 3.8) is 0 Å². The summed E-state index contributed by atoms with van der Waals surface area (Å²) in [4.78, 5) is 26.5. The number of ether oxygens (including phenoxy) is 1. The van der Waals surface area contributed by atoms with Crippen LogP contribution in [-0.4, -0.2) is 23.6 Å². The van der Waals surface area contributed by atoms with Crippen LogP contribution in [0.1, 0.15) is 31.9 Å². The molecule has 0 bridgehead atoms. The molecule has 0 aliphatic carbocycles. The number of nitrogens with one attached hydrogen (secondary N) is 1. The monoisotopic (exact) mass is 406 g/mol. The molecule has 8 heteroatoms. The molecule has 1 heterocycles. The fraction of sp³-hybridized carbons (Fsp3) is 0.333. The van der Waals surface area contributed by atoms with E-state index in [0.29, 0.717) is 11.3 Å². The van der Waals surface area contributed by atoms with E-state index in [1.807, 2.05) is 0 Å². The Morgan fingerprint density at radius 3 is 2.34 bits per heavy atom. The summed E-state index contributed by atoms with van der Waals surface area (Å²) in [5.74, 6) is -0.533. The number of alkyl halides is 3. The first-order chi connectivity index (χ1) is 13.5. The van der Waals surface area contributed by atoms with Crippen LogP contribution in [0.4, 0.5) is 29.3 Å². The number of halogens is 3. The van der Waals surface area contributed by atoms with Crippen LogP contribution in [0.15, 0.2) is 48.5 Å². The summed E-state index contributed by atoms with van der Waals surface area (Å²) < 4.78 is 44.9. The molecule has 0 fully saturated rings. The number of hydrogen-bond donors (Lipinski definition) is 1. The number of anilines is 2. The Bertz CT molecular complexity index is 921. The van der Waals surface area contributed by atoms with Crippen molar-refractivity contribution < 1.29 is 27.5 Å². The van der Waals surface area contributed by atoms with Crippen LogP contribution in [0.3, 0.4) is 0 Å². The Morgan fingerprint density at radius 2 is 1.76 bits per heavy atom. The van der Waals surface area contributed by atoms with Gasteiger partial charge in [0, 0.05) is 12.1 Å². The number of carbonyl (C=O) groups excluding carboxylic acids is 2. The van der Waals surface area contributed by atoms with E-state index in [4.69, 9.17) is 4.74 Å². The van der Waals surface area contributed by atoms with E-state index in [2.05, 4.69) is 5.32 Å². The highest BCUT2D eigenvalue weighted by Gasteiger charge is 2.38. The predicted octanol–water partition coefficient (Wildman–Crippen LogP) is 4.82. The summed E-state index contributed by atoms with van der Waals surface area (Å²) in [7, 11) is 0. The Balaban J connectivity index is 2.01. The molecule has 1 aliphatic heterocycles. The van der Waals surface area contributed by atoms with Gasteiger partial charge in [-0.25, -0.2) is 4.79 Å². The minimum Gasteiger partial charge on any atom is -0.444 e. The van der Waals surface area contributed by atoms with Gasteiger partial charge in [0.25, 0.3) is 5.91 Å². The summed E-state index contributed by atoms with van der Waals surface area (Å²) >= 11 is 0. The molecule has 0 saturated heterocycles. The Labute approximate surface area is 166 Å². The molecule has 5 nitrogen and oxygen atoms in total. The first-order valence-electron chi connectivity index (χ1n) is 9.04. The van der Waals surface area contributed by atoms with Crippen LogP contribution in [0.2, 0.25) is 0 Å². The zero-order valence-corrected chi connectivity index (χ0v) is 16.2. The highest BCUT2D eigenvalue weighted by Crippen LogP contribution is 2.39. The maximum atomic E-state index is 13.2. The fourth-order valence-electron chi connectivity index (χ4n) is 3.11. The van der Waals surface area contributed by atoms with E-state index >= 15 is 0 Å². The van der Waals surface area contributed by atoms with Gasteiger partial charge < -0.3 is 10.1 Å². The lowest BCUT2D eigenvalue weighted by molar-refractivity contribution is -0.137. The van der Waals surface area contributed by atoms with E-state index in [9.17, 15) is 22.8 Å². The lowest BCUT2D eigenvalue weighted by Crippen LogP contribution is -2.52. The maximum absolute atomic E-state index is 13.2. The molecule has 29 heavy (non-hydrogen) atoms. The van der Waals surface area contributed by atoms with Crippen molar-refractivity contribution >= 4 is 23.4 Å². The van der Waals surface area contributed by atoms with Gasteiger partial charge >= 0.3 is 12.3 Å². The van der Waals surface area contributed by atoms with Crippen LogP contribution in [0.25, 0.3) is 0 Å². The van der Waals surface area contributed by atoms with Crippen molar-refractivity contribution in [2.24, 2.45) is 0 Å². The number of benzene rings is 2. The van der Waals surface area contributed by atoms with E-state index in [1.165, 1.54) is 11.0 Å². The predicted molar refractivity (Wildman–Crippen MR) is 102 cm³/mol. The lowest BCUT2D eigenvalue weighted by atomic mass is 9.94. The first kappa shape index (κ1) is 20.7. The van der Waals surface area contributed by atoms with Gasteiger partial charge in [0.15, 0.2) is 0 Å². The molecule has 2 amide bonds. The number of para-hydroxylation sites is 1.